The second kappa shape index (κ2) is 5.99. The lowest BCUT2D eigenvalue weighted by molar-refractivity contribution is -0.385. The summed E-state index contributed by atoms with van der Waals surface area (Å²) >= 11 is 3.58. The number of alkyl halides is 1. The van der Waals surface area contributed by atoms with Gasteiger partial charge in [0.25, 0.3) is 5.69 Å². The zero-order chi connectivity index (χ0) is 12.1. The minimum Gasteiger partial charge on any atom is -0.258 e. The highest BCUT2D eigenvalue weighted by Crippen LogP contribution is 2.24. The van der Waals surface area contributed by atoms with Crippen LogP contribution in [-0.2, 0) is 6.42 Å². The van der Waals surface area contributed by atoms with Crippen molar-refractivity contribution in [2.45, 2.75) is 31.5 Å². The van der Waals surface area contributed by atoms with Crippen molar-refractivity contribution in [3.8, 4) is 0 Å². The quantitative estimate of drug-likeness (QED) is 0.467. The summed E-state index contributed by atoms with van der Waals surface area (Å²) in [7, 11) is 0. The van der Waals surface area contributed by atoms with E-state index in [4.69, 9.17) is 0 Å². The monoisotopic (exact) mass is 285 g/mol. The van der Waals surface area contributed by atoms with Gasteiger partial charge in [0, 0.05) is 16.5 Å². The first-order valence-electron chi connectivity index (χ1n) is 5.37. The van der Waals surface area contributed by atoms with Gasteiger partial charge in [-0.3, -0.25) is 10.1 Å². The number of nitro benzene ring substituents is 1. The van der Waals surface area contributed by atoms with Crippen molar-refractivity contribution < 1.29 is 4.92 Å². The van der Waals surface area contributed by atoms with Gasteiger partial charge in [-0.2, -0.15) is 0 Å². The molecule has 3 nitrogen and oxygen atoms in total. The maximum atomic E-state index is 10.8. The summed E-state index contributed by atoms with van der Waals surface area (Å²) in [5, 5.41) is 10.8. The molecule has 1 unspecified atom stereocenters. The molecule has 0 aliphatic carbocycles. The van der Waals surface area contributed by atoms with Gasteiger partial charge >= 0.3 is 0 Å². The molecule has 16 heavy (non-hydrogen) atoms. The predicted octanol–water partition coefficient (Wildman–Crippen LogP) is 3.95. The molecular formula is C12H16BrNO2. The van der Waals surface area contributed by atoms with Gasteiger partial charge in [-0.25, -0.2) is 0 Å². The second-order valence-corrected chi connectivity index (χ2v) is 5.61. The summed E-state index contributed by atoms with van der Waals surface area (Å²) in [4.78, 5) is 10.8. The topological polar surface area (TPSA) is 43.1 Å². The molecule has 0 bridgehead atoms. The fourth-order valence-corrected chi connectivity index (χ4v) is 2.79. The SMILES string of the molecule is CC(C)CC(Br)Cc1ccccc1[N+](=O)[O-]. The van der Waals surface area contributed by atoms with E-state index in [1.807, 2.05) is 12.1 Å². The van der Waals surface area contributed by atoms with Crippen molar-refractivity contribution in [2.24, 2.45) is 5.92 Å². The lowest BCUT2D eigenvalue weighted by Gasteiger charge is -2.12. The normalized spacial score (nSPS) is 12.8. The molecule has 0 saturated heterocycles. The fourth-order valence-electron chi connectivity index (χ4n) is 1.70. The maximum absolute atomic E-state index is 10.8. The minimum absolute atomic E-state index is 0.218. The van der Waals surface area contributed by atoms with Crippen LogP contribution in [0.25, 0.3) is 0 Å². The van der Waals surface area contributed by atoms with Gasteiger partial charge in [-0.05, 0) is 18.8 Å². The third-order valence-corrected chi connectivity index (χ3v) is 3.05. The van der Waals surface area contributed by atoms with Crippen LogP contribution in [0.15, 0.2) is 24.3 Å². The highest BCUT2D eigenvalue weighted by atomic mass is 79.9. The van der Waals surface area contributed by atoms with E-state index in [9.17, 15) is 10.1 Å². The molecule has 0 spiro atoms. The third kappa shape index (κ3) is 3.93. The molecule has 0 aliphatic rings. The summed E-state index contributed by atoms with van der Waals surface area (Å²) in [6.45, 7) is 4.29. The Balaban J connectivity index is 2.76. The summed E-state index contributed by atoms with van der Waals surface area (Å²) in [6, 6.07) is 6.93. The van der Waals surface area contributed by atoms with Gasteiger partial charge in [0.1, 0.15) is 0 Å². The first-order chi connectivity index (χ1) is 7.50. The number of nitrogens with zero attached hydrogens (tertiary/aromatic N) is 1. The van der Waals surface area contributed by atoms with E-state index in [0.29, 0.717) is 17.2 Å². The van der Waals surface area contributed by atoms with Crippen molar-refractivity contribution >= 4 is 21.6 Å². The average molecular weight is 286 g/mol. The van der Waals surface area contributed by atoms with Crippen molar-refractivity contribution in [2.75, 3.05) is 0 Å². The zero-order valence-corrected chi connectivity index (χ0v) is 11.1. The van der Waals surface area contributed by atoms with Crippen LogP contribution in [-0.4, -0.2) is 9.75 Å². The van der Waals surface area contributed by atoms with Crippen LogP contribution < -0.4 is 0 Å². The minimum atomic E-state index is -0.315. The molecule has 1 aromatic carbocycles. The Hall–Kier alpha value is -0.900. The largest absolute Gasteiger partial charge is 0.272 e. The molecule has 0 aliphatic heterocycles. The molecule has 0 amide bonds. The lowest BCUT2D eigenvalue weighted by atomic mass is 10.0. The molecular weight excluding hydrogens is 270 g/mol. The zero-order valence-electron chi connectivity index (χ0n) is 9.52. The van der Waals surface area contributed by atoms with Gasteiger partial charge in [0.2, 0.25) is 0 Å². The Kier molecular flexibility index (Phi) is 4.93. The standard InChI is InChI=1S/C12H16BrNO2/c1-9(2)7-11(13)8-10-5-3-4-6-12(10)14(15)16/h3-6,9,11H,7-8H2,1-2H3. The van der Waals surface area contributed by atoms with Crippen LogP contribution in [0.1, 0.15) is 25.8 Å². The van der Waals surface area contributed by atoms with Crippen molar-refractivity contribution in [3.63, 3.8) is 0 Å². The number of nitro groups is 1. The first kappa shape index (κ1) is 13.2. The van der Waals surface area contributed by atoms with Crippen LogP contribution >= 0.6 is 15.9 Å². The summed E-state index contributed by atoms with van der Waals surface area (Å²) < 4.78 is 0. The van der Waals surface area contributed by atoms with Gasteiger partial charge in [0.05, 0.1) is 4.92 Å². The second-order valence-electron chi connectivity index (χ2n) is 4.32. The third-order valence-electron chi connectivity index (χ3n) is 2.36. The van der Waals surface area contributed by atoms with Crippen molar-refractivity contribution in [1.82, 2.24) is 0 Å². The smallest absolute Gasteiger partial charge is 0.258 e. The molecule has 4 heteroatoms. The summed E-state index contributed by atoms with van der Waals surface area (Å²) in [6.07, 6.45) is 1.72. The van der Waals surface area contributed by atoms with E-state index < -0.39 is 0 Å². The summed E-state index contributed by atoms with van der Waals surface area (Å²) in [5.41, 5.74) is 1.02. The number of hydrogen-bond acceptors (Lipinski definition) is 2. The van der Waals surface area contributed by atoms with Crippen LogP contribution in [0, 0.1) is 16.0 Å². The molecule has 1 atom stereocenters. The lowest BCUT2D eigenvalue weighted by Crippen LogP contribution is -2.08. The first-order valence-corrected chi connectivity index (χ1v) is 6.28. The van der Waals surface area contributed by atoms with Gasteiger partial charge in [0.15, 0.2) is 0 Å². The number of rotatable bonds is 5. The van der Waals surface area contributed by atoms with Gasteiger partial charge in [-0.1, -0.05) is 48.0 Å². The van der Waals surface area contributed by atoms with E-state index >= 15 is 0 Å². The maximum Gasteiger partial charge on any atom is 0.272 e. The van der Waals surface area contributed by atoms with E-state index in [1.54, 1.807) is 12.1 Å². The summed E-state index contributed by atoms with van der Waals surface area (Å²) in [5.74, 6) is 0.590. The van der Waals surface area contributed by atoms with Crippen LogP contribution in [0.2, 0.25) is 0 Å². The Morgan fingerprint density at radius 3 is 2.56 bits per heavy atom. The molecule has 1 rings (SSSR count). The van der Waals surface area contributed by atoms with Crippen molar-refractivity contribution in [1.29, 1.82) is 0 Å². The van der Waals surface area contributed by atoms with Crippen molar-refractivity contribution in [3.05, 3.63) is 39.9 Å². The van der Waals surface area contributed by atoms with Crippen LogP contribution in [0.3, 0.4) is 0 Å². The molecule has 0 radical (unpaired) electrons. The Labute approximate surface area is 104 Å². The molecule has 0 fully saturated rings. The molecule has 0 saturated carbocycles. The average Bonchev–Trinajstić information content (AvgIpc) is 2.16. The van der Waals surface area contributed by atoms with Crippen LogP contribution in [0.5, 0.6) is 0 Å². The number of hydrogen-bond donors (Lipinski definition) is 0. The number of para-hydroxylation sites is 1. The number of halogens is 1. The molecule has 0 N–H and O–H groups in total. The van der Waals surface area contributed by atoms with E-state index in [2.05, 4.69) is 29.8 Å². The molecule has 0 heterocycles. The van der Waals surface area contributed by atoms with E-state index in [1.165, 1.54) is 0 Å². The van der Waals surface area contributed by atoms with Crippen LogP contribution in [0.4, 0.5) is 5.69 Å². The Bertz CT molecular complexity index is 366. The highest BCUT2D eigenvalue weighted by molar-refractivity contribution is 9.09. The van der Waals surface area contributed by atoms with E-state index in [-0.39, 0.29) is 10.6 Å². The van der Waals surface area contributed by atoms with Gasteiger partial charge in [-0.15, -0.1) is 0 Å². The highest BCUT2D eigenvalue weighted by Gasteiger charge is 2.16. The fraction of sp³-hybridized carbons (Fsp3) is 0.500. The Morgan fingerprint density at radius 2 is 2.00 bits per heavy atom. The predicted molar refractivity (Wildman–Crippen MR) is 69.0 cm³/mol. The molecule has 1 aromatic rings. The van der Waals surface area contributed by atoms with Gasteiger partial charge < -0.3 is 0 Å². The van der Waals surface area contributed by atoms with E-state index in [0.717, 1.165) is 12.0 Å². The molecule has 0 aromatic heterocycles. The molecule has 88 valence electrons. The Morgan fingerprint density at radius 1 is 1.38 bits per heavy atom. The number of benzene rings is 1.